The zero-order valence-corrected chi connectivity index (χ0v) is 11.8. The molecule has 0 bridgehead atoms. The normalized spacial score (nSPS) is 20.7. The van der Waals surface area contributed by atoms with Gasteiger partial charge in [0.05, 0.1) is 11.0 Å². The Morgan fingerprint density at radius 3 is 2.95 bits per heavy atom. The number of nitrogens with one attached hydrogen (secondary N) is 1. The Morgan fingerprint density at radius 2 is 2.26 bits per heavy atom. The molecule has 2 rings (SSSR count). The molecule has 0 amide bonds. The van der Waals surface area contributed by atoms with E-state index in [1.807, 2.05) is 12.1 Å². The summed E-state index contributed by atoms with van der Waals surface area (Å²) in [7, 11) is 0. The molecule has 0 aliphatic carbocycles. The van der Waals surface area contributed by atoms with Crippen LogP contribution in [0.15, 0.2) is 22.8 Å². The van der Waals surface area contributed by atoms with Crippen LogP contribution in [0.4, 0.5) is 19.0 Å². The average Bonchev–Trinajstić information content (AvgIpc) is 2.73. The number of aromatic nitrogens is 1. The van der Waals surface area contributed by atoms with Crippen LogP contribution in [0.3, 0.4) is 0 Å². The lowest BCUT2D eigenvalue weighted by Crippen LogP contribution is -2.33. The van der Waals surface area contributed by atoms with Crippen molar-refractivity contribution in [2.75, 3.05) is 31.5 Å². The molecule has 0 saturated carbocycles. The van der Waals surface area contributed by atoms with E-state index in [0.717, 1.165) is 16.7 Å². The molecule has 1 aliphatic rings. The Morgan fingerprint density at radius 1 is 1.47 bits per heavy atom. The highest BCUT2D eigenvalue weighted by Gasteiger charge is 2.34. The van der Waals surface area contributed by atoms with Crippen LogP contribution in [-0.2, 0) is 0 Å². The molecule has 0 spiro atoms. The summed E-state index contributed by atoms with van der Waals surface area (Å²) in [5.41, 5.74) is 0. The second kappa shape index (κ2) is 6.09. The molecule has 106 valence electrons. The minimum absolute atomic E-state index is 0.233. The first-order valence-corrected chi connectivity index (χ1v) is 6.87. The maximum Gasteiger partial charge on any atom is 0.401 e. The number of alkyl halides is 3. The molecule has 1 aromatic heterocycles. The van der Waals surface area contributed by atoms with E-state index in [1.165, 1.54) is 4.90 Å². The van der Waals surface area contributed by atoms with Gasteiger partial charge in [0.25, 0.3) is 0 Å². The van der Waals surface area contributed by atoms with Crippen LogP contribution < -0.4 is 5.32 Å². The first-order valence-electron chi connectivity index (χ1n) is 6.07. The fraction of sp³-hybridized carbons (Fsp3) is 0.583. The Labute approximate surface area is 118 Å². The Kier molecular flexibility index (Phi) is 4.67. The molecule has 2 heterocycles. The van der Waals surface area contributed by atoms with E-state index in [1.54, 1.807) is 6.20 Å². The van der Waals surface area contributed by atoms with Crippen molar-refractivity contribution in [2.24, 2.45) is 5.92 Å². The quantitative estimate of drug-likeness (QED) is 0.914. The van der Waals surface area contributed by atoms with Crippen molar-refractivity contribution in [1.82, 2.24) is 9.88 Å². The Hall–Kier alpha value is -0.820. The molecule has 19 heavy (non-hydrogen) atoms. The van der Waals surface area contributed by atoms with E-state index in [9.17, 15) is 13.2 Å². The van der Waals surface area contributed by atoms with E-state index >= 15 is 0 Å². The summed E-state index contributed by atoms with van der Waals surface area (Å²) in [5.74, 6) is 0.966. The first kappa shape index (κ1) is 14.6. The van der Waals surface area contributed by atoms with Crippen molar-refractivity contribution in [3.05, 3.63) is 22.8 Å². The summed E-state index contributed by atoms with van der Waals surface area (Å²) in [5, 5.41) is 3.17. The molecule has 0 radical (unpaired) electrons. The Bertz CT molecular complexity index is 425. The van der Waals surface area contributed by atoms with Crippen LogP contribution in [0, 0.1) is 5.92 Å². The molecule has 1 aromatic rings. The number of halogens is 4. The van der Waals surface area contributed by atoms with Crippen LogP contribution >= 0.6 is 15.9 Å². The van der Waals surface area contributed by atoms with Gasteiger partial charge in [0, 0.05) is 19.3 Å². The number of anilines is 1. The van der Waals surface area contributed by atoms with Gasteiger partial charge in [-0.05, 0) is 46.9 Å². The molecule has 1 fully saturated rings. The van der Waals surface area contributed by atoms with Crippen molar-refractivity contribution in [2.45, 2.75) is 12.6 Å². The van der Waals surface area contributed by atoms with Crippen LogP contribution in [0.2, 0.25) is 0 Å². The molecular formula is C12H15BrF3N3. The average molecular weight is 338 g/mol. The smallest absolute Gasteiger partial charge is 0.369 e. The molecule has 1 unspecified atom stereocenters. The van der Waals surface area contributed by atoms with Crippen molar-refractivity contribution in [3.63, 3.8) is 0 Å². The van der Waals surface area contributed by atoms with E-state index in [4.69, 9.17) is 0 Å². The van der Waals surface area contributed by atoms with Crippen molar-refractivity contribution < 1.29 is 13.2 Å². The fourth-order valence-corrected chi connectivity index (χ4v) is 2.63. The van der Waals surface area contributed by atoms with Crippen LogP contribution in [0.1, 0.15) is 6.42 Å². The molecule has 1 N–H and O–H groups in total. The van der Waals surface area contributed by atoms with E-state index in [-0.39, 0.29) is 5.92 Å². The fourth-order valence-electron chi connectivity index (χ4n) is 2.23. The van der Waals surface area contributed by atoms with Crippen LogP contribution in [0.5, 0.6) is 0 Å². The molecule has 1 atom stereocenters. The van der Waals surface area contributed by atoms with Gasteiger partial charge in [0.1, 0.15) is 5.82 Å². The second-order valence-corrected chi connectivity index (χ2v) is 5.57. The predicted octanol–water partition coefficient (Wildman–Crippen LogP) is 3.14. The van der Waals surface area contributed by atoms with Gasteiger partial charge >= 0.3 is 6.18 Å². The van der Waals surface area contributed by atoms with E-state index in [2.05, 4.69) is 26.2 Å². The summed E-state index contributed by atoms with van der Waals surface area (Å²) < 4.78 is 37.7. The lowest BCUT2D eigenvalue weighted by molar-refractivity contribution is -0.143. The summed E-state index contributed by atoms with van der Waals surface area (Å²) in [6.07, 6.45) is -1.64. The van der Waals surface area contributed by atoms with Gasteiger partial charge in [-0.2, -0.15) is 13.2 Å². The summed E-state index contributed by atoms with van der Waals surface area (Å²) in [6, 6.07) is 3.69. The van der Waals surface area contributed by atoms with Gasteiger partial charge in [-0.25, -0.2) is 4.98 Å². The highest BCUT2D eigenvalue weighted by Crippen LogP contribution is 2.24. The highest BCUT2D eigenvalue weighted by molar-refractivity contribution is 9.10. The molecule has 1 saturated heterocycles. The monoisotopic (exact) mass is 337 g/mol. The number of pyridine rings is 1. The Balaban J connectivity index is 1.78. The van der Waals surface area contributed by atoms with Crippen molar-refractivity contribution >= 4 is 21.7 Å². The zero-order valence-electron chi connectivity index (χ0n) is 10.3. The number of likely N-dealkylation sites (tertiary alicyclic amines) is 1. The molecule has 1 aliphatic heterocycles. The topological polar surface area (TPSA) is 28.2 Å². The third-order valence-corrected chi connectivity index (χ3v) is 3.73. The van der Waals surface area contributed by atoms with Gasteiger partial charge < -0.3 is 5.32 Å². The summed E-state index contributed by atoms with van der Waals surface area (Å²) >= 11 is 3.37. The number of nitrogens with zero attached hydrogens (tertiary/aromatic N) is 2. The lowest BCUT2D eigenvalue weighted by Gasteiger charge is -2.18. The van der Waals surface area contributed by atoms with Gasteiger partial charge in [-0.3, -0.25) is 4.90 Å². The summed E-state index contributed by atoms with van der Waals surface area (Å²) in [6.45, 7) is 0.826. The minimum Gasteiger partial charge on any atom is -0.369 e. The highest BCUT2D eigenvalue weighted by atomic mass is 79.9. The van der Waals surface area contributed by atoms with Gasteiger partial charge in [-0.1, -0.05) is 0 Å². The molecule has 7 heteroatoms. The third kappa shape index (κ3) is 4.65. The largest absolute Gasteiger partial charge is 0.401 e. The van der Waals surface area contributed by atoms with Gasteiger partial charge in [0.2, 0.25) is 0 Å². The van der Waals surface area contributed by atoms with Crippen LogP contribution in [0.25, 0.3) is 0 Å². The zero-order chi connectivity index (χ0) is 13.9. The predicted molar refractivity (Wildman–Crippen MR) is 71.0 cm³/mol. The minimum atomic E-state index is -4.10. The second-order valence-electron chi connectivity index (χ2n) is 4.72. The standard InChI is InChI=1S/C12H15BrF3N3/c13-10-2-1-4-17-11(10)18-6-9-3-5-19(7-9)8-12(14,15)16/h1-2,4,9H,3,5-8H2,(H,17,18). The molecule has 0 aromatic carbocycles. The molecular weight excluding hydrogens is 323 g/mol. The lowest BCUT2D eigenvalue weighted by atomic mass is 10.1. The summed E-state index contributed by atoms with van der Waals surface area (Å²) in [4.78, 5) is 5.62. The van der Waals surface area contributed by atoms with E-state index in [0.29, 0.717) is 19.6 Å². The van der Waals surface area contributed by atoms with E-state index < -0.39 is 12.7 Å². The first-order chi connectivity index (χ1) is 8.94. The van der Waals surface area contributed by atoms with Crippen LogP contribution in [-0.4, -0.2) is 42.2 Å². The maximum atomic E-state index is 12.3. The number of rotatable bonds is 4. The van der Waals surface area contributed by atoms with Crippen molar-refractivity contribution in [3.8, 4) is 0 Å². The molecule has 3 nitrogen and oxygen atoms in total. The third-order valence-electron chi connectivity index (χ3n) is 3.09. The SMILES string of the molecule is FC(F)(F)CN1CCC(CNc2ncccc2Br)C1. The van der Waals surface area contributed by atoms with Gasteiger partial charge in [-0.15, -0.1) is 0 Å². The number of hydrogen-bond acceptors (Lipinski definition) is 3. The maximum absolute atomic E-state index is 12.3. The number of hydrogen-bond donors (Lipinski definition) is 1. The van der Waals surface area contributed by atoms with Crippen molar-refractivity contribution in [1.29, 1.82) is 0 Å². The van der Waals surface area contributed by atoms with Gasteiger partial charge in [0.15, 0.2) is 0 Å².